The third-order valence-corrected chi connectivity index (χ3v) is 3.19. The molecule has 0 radical (unpaired) electrons. The standard InChI is InChI=1S/C12H11FN4O2/c13-10-5-8(1-2-9(10)12(18)19)16-3-4-17-7-14-15-11(17)6-16/h1-2,5,7H,3-4,6H2,(H,18,19). The number of halogens is 1. The van der Waals surface area contributed by atoms with E-state index in [-0.39, 0.29) is 5.56 Å². The first-order valence-corrected chi connectivity index (χ1v) is 5.79. The van der Waals surface area contributed by atoms with Gasteiger partial charge in [0, 0.05) is 18.8 Å². The first-order chi connectivity index (χ1) is 9.15. The van der Waals surface area contributed by atoms with E-state index in [2.05, 4.69) is 10.2 Å². The van der Waals surface area contributed by atoms with E-state index >= 15 is 0 Å². The minimum absolute atomic E-state index is 0.316. The van der Waals surface area contributed by atoms with Gasteiger partial charge < -0.3 is 14.6 Å². The summed E-state index contributed by atoms with van der Waals surface area (Å²) in [5.41, 5.74) is 0.334. The van der Waals surface area contributed by atoms with Crippen molar-refractivity contribution in [1.82, 2.24) is 14.8 Å². The fourth-order valence-corrected chi connectivity index (χ4v) is 2.16. The molecule has 1 N–H and O–H groups in total. The lowest BCUT2D eigenvalue weighted by Crippen LogP contribution is -2.33. The van der Waals surface area contributed by atoms with Crippen LogP contribution in [0.5, 0.6) is 0 Å². The van der Waals surface area contributed by atoms with Crippen LogP contribution in [0.2, 0.25) is 0 Å². The average Bonchev–Trinajstić information content (AvgIpc) is 2.85. The molecule has 0 bridgehead atoms. The van der Waals surface area contributed by atoms with Crippen LogP contribution in [-0.4, -0.2) is 32.4 Å². The number of nitrogens with zero attached hydrogens (tertiary/aromatic N) is 4. The molecule has 1 aliphatic rings. The Hall–Kier alpha value is -2.44. The maximum absolute atomic E-state index is 13.7. The summed E-state index contributed by atoms with van der Waals surface area (Å²) in [6, 6.07) is 4.14. The smallest absolute Gasteiger partial charge is 0.338 e. The van der Waals surface area contributed by atoms with Crippen molar-refractivity contribution < 1.29 is 14.3 Å². The normalized spacial score (nSPS) is 14.3. The van der Waals surface area contributed by atoms with Crippen molar-refractivity contribution in [2.45, 2.75) is 13.1 Å². The van der Waals surface area contributed by atoms with Gasteiger partial charge in [0.25, 0.3) is 0 Å². The quantitative estimate of drug-likeness (QED) is 0.878. The molecule has 1 aromatic carbocycles. The number of carbonyl (C=O) groups is 1. The summed E-state index contributed by atoms with van der Waals surface area (Å²) in [4.78, 5) is 12.7. The number of carboxylic acids is 1. The highest BCUT2D eigenvalue weighted by Gasteiger charge is 2.19. The Labute approximate surface area is 108 Å². The molecule has 6 nitrogen and oxygen atoms in total. The van der Waals surface area contributed by atoms with E-state index in [0.29, 0.717) is 18.8 Å². The van der Waals surface area contributed by atoms with Crippen molar-refractivity contribution in [3.8, 4) is 0 Å². The molecule has 2 aromatic rings. The summed E-state index contributed by atoms with van der Waals surface area (Å²) >= 11 is 0. The molecule has 0 spiro atoms. The van der Waals surface area contributed by atoms with Crippen LogP contribution in [0.4, 0.5) is 10.1 Å². The Kier molecular flexibility index (Phi) is 2.66. The Morgan fingerprint density at radius 1 is 1.37 bits per heavy atom. The van der Waals surface area contributed by atoms with Crippen LogP contribution in [0.15, 0.2) is 24.5 Å². The van der Waals surface area contributed by atoms with Crippen LogP contribution in [-0.2, 0) is 13.1 Å². The maximum Gasteiger partial charge on any atom is 0.338 e. The van der Waals surface area contributed by atoms with Gasteiger partial charge in [0.05, 0.1) is 12.1 Å². The lowest BCUT2D eigenvalue weighted by Gasteiger charge is -2.29. The summed E-state index contributed by atoms with van der Waals surface area (Å²) < 4.78 is 15.6. The molecule has 0 unspecified atom stereocenters. The van der Waals surface area contributed by atoms with Gasteiger partial charge in [-0.05, 0) is 18.2 Å². The van der Waals surface area contributed by atoms with E-state index in [9.17, 15) is 9.18 Å². The lowest BCUT2D eigenvalue weighted by atomic mass is 10.1. The van der Waals surface area contributed by atoms with Gasteiger partial charge in [-0.3, -0.25) is 0 Å². The van der Waals surface area contributed by atoms with E-state index in [1.807, 2.05) is 9.47 Å². The Bertz CT molecular complexity index is 640. The predicted octanol–water partition coefficient (Wildman–Crippen LogP) is 1.14. The molecule has 1 aromatic heterocycles. The third kappa shape index (κ3) is 2.03. The SMILES string of the molecule is O=C(O)c1ccc(N2CCn3cnnc3C2)cc1F. The number of hydrogen-bond donors (Lipinski definition) is 1. The minimum atomic E-state index is -1.26. The van der Waals surface area contributed by atoms with E-state index in [1.54, 1.807) is 12.4 Å². The monoisotopic (exact) mass is 262 g/mol. The van der Waals surface area contributed by atoms with Gasteiger partial charge in [-0.25, -0.2) is 9.18 Å². The zero-order valence-electron chi connectivity index (χ0n) is 9.95. The fraction of sp³-hybridized carbons (Fsp3) is 0.250. The van der Waals surface area contributed by atoms with Crippen molar-refractivity contribution in [1.29, 1.82) is 0 Å². The number of fused-ring (bicyclic) bond motifs is 1. The van der Waals surface area contributed by atoms with Gasteiger partial charge in [0.2, 0.25) is 0 Å². The molecule has 7 heteroatoms. The summed E-state index contributed by atoms with van der Waals surface area (Å²) in [5.74, 6) is -1.17. The molecule has 2 heterocycles. The summed E-state index contributed by atoms with van der Waals surface area (Å²) in [5, 5.41) is 16.6. The lowest BCUT2D eigenvalue weighted by molar-refractivity contribution is 0.0692. The van der Waals surface area contributed by atoms with Gasteiger partial charge in [-0.15, -0.1) is 10.2 Å². The summed E-state index contributed by atoms with van der Waals surface area (Å²) in [7, 11) is 0. The third-order valence-electron chi connectivity index (χ3n) is 3.19. The Balaban J connectivity index is 1.88. The molecular weight excluding hydrogens is 251 g/mol. The zero-order valence-corrected chi connectivity index (χ0v) is 9.95. The fourth-order valence-electron chi connectivity index (χ4n) is 2.16. The van der Waals surface area contributed by atoms with Crippen LogP contribution < -0.4 is 4.90 Å². The largest absolute Gasteiger partial charge is 0.478 e. The van der Waals surface area contributed by atoms with Crippen molar-refractivity contribution in [2.75, 3.05) is 11.4 Å². The van der Waals surface area contributed by atoms with Crippen molar-refractivity contribution in [2.24, 2.45) is 0 Å². The van der Waals surface area contributed by atoms with Crippen molar-refractivity contribution >= 4 is 11.7 Å². The number of carboxylic acid groups (broad SMARTS) is 1. The summed E-state index contributed by atoms with van der Waals surface area (Å²) in [6.07, 6.45) is 1.67. The van der Waals surface area contributed by atoms with Crippen LogP contribution in [0, 0.1) is 5.82 Å². The number of hydrogen-bond acceptors (Lipinski definition) is 4. The van der Waals surface area contributed by atoms with Crippen LogP contribution in [0.25, 0.3) is 0 Å². The first-order valence-electron chi connectivity index (χ1n) is 5.79. The summed E-state index contributed by atoms with van der Waals surface area (Å²) in [6.45, 7) is 1.97. The highest BCUT2D eigenvalue weighted by atomic mass is 19.1. The number of benzene rings is 1. The van der Waals surface area contributed by atoms with Gasteiger partial charge >= 0.3 is 5.97 Å². The number of aromatic carboxylic acids is 1. The predicted molar refractivity (Wildman–Crippen MR) is 64.4 cm³/mol. The van der Waals surface area contributed by atoms with Crippen LogP contribution >= 0.6 is 0 Å². The molecule has 0 saturated heterocycles. The van der Waals surface area contributed by atoms with Crippen LogP contribution in [0.1, 0.15) is 16.2 Å². The van der Waals surface area contributed by atoms with E-state index in [0.717, 1.165) is 12.4 Å². The van der Waals surface area contributed by atoms with Crippen LogP contribution in [0.3, 0.4) is 0 Å². The average molecular weight is 262 g/mol. The minimum Gasteiger partial charge on any atom is -0.478 e. The van der Waals surface area contributed by atoms with E-state index < -0.39 is 11.8 Å². The molecule has 0 amide bonds. The second-order valence-corrected chi connectivity index (χ2v) is 4.33. The van der Waals surface area contributed by atoms with Gasteiger partial charge in [-0.2, -0.15) is 0 Å². The molecule has 0 fully saturated rings. The molecular formula is C12H11FN4O2. The molecule has 1 aliphatic heterocycles. The number of anilines is 1. The highest BCUT2D eigenvalue weighted by Crippen LogP contribution is 2.22. The highest BCUT2D eigenvalue weighted by molar-refractivity contribution is 5.88. The Morgan fingerprint density at radius 3 is 2.95 bits per heavy atom. The molecule has 19 heavy (non-hydrogen) atoms. The maximum atomic E-state index is 13.7. The van der Waals surface area contributed by atoms with Gasteiger partial charge in [0.1, 0.15) is 12.1 Å². The number of aromatic nitrogens is 3. The molecule has 0 atom stereocenters. The van der Waals surface area contributed by atoms with E-state index in [4.69, 9.17) is 5.11 Å². The topological polar surface area (TPSA) is 71.2 Å². The van der Waals surface area contributed by atoms with Gasteiger partial charge in [0.15, 0.2) is 5.82 Å². The second-order valence-electron chi connectivity index (χ2n) is 4.33. The molecule has 0 aliphatic carbocycles. The van der Waals surface area contributed by atoms with E-state index in [1.165, 1.54) is 12.1 Å². The first kappa shape index (κ1) is 11.6. The molecule has 98 valence electrons. The Morgan fingerprint density at radius 2 is 2.21 bits per heavy atom. The zero-order chi connectivity index (χ0) is 13.4. The second kappa shape index (κ2) is 4.34. The molecule has 3 rings (SSSR count). The molecule has 0 saturated carbocycles. The number of rotatable bonds is 2. The van der Waals surface area contributed by atoms with Gasteiger partial charge in [-0.1, -0.05) is 0 Å². The van der Waals surface area contributed by atoms with Crippen molar-refractivity contribution in [3.63, 3.8) is 0 Å². The van der Waals surface area contributed by atoms with Crippen molar-refractivity contribution in [3.05, 3.63) is 41.7 Å².